The predicted octanol–water partition coefficient (Wildman–Crippen LogP) is 2.73. The number of hydrogen-bond acceptors (Lipinski definition) is 3. The summed E-state index contributed by atoms with van der Waals surface area (Å²) in [5.74, 6) is 2.75. The zero-order valence-electron chi connectivity index (χ0n) is 14.3. The van der Waals surface area contributed by atoms with Gasteiger partial charge in [-0.2, -0.15) is 0 Å². The van der Waals surface area contributed by atoms with Crippen molar-refractivity contribution in [3.05, 3.63) is 11.6 Å². The van der Waals surface area contributed by atoms with Crippen molar-refractivity contribution in [2.75, 3.05) is 13.1 Å². The molecule has 2 aliphatic heterocycles. The van der Waals surface area contributed by atoms with E-state index in [0.717, 1.165) is 56.5 Å². The summed E-state index contributed by atoms with van der Waals surface area (Å²) in [6.07, 6.45) is 9.34. The molecule has 1 aromatic rings. The average molecular weight is 319 g/mol. The summed E-state index contributed by atoms with van der Waals surface area (Å²) >= 11 is 0. The van der Waals surface area contributed by atoms with Crippen molar-refractivity contribution in [3.8, 4) is 0 Å². The van der Waals surface area contributed by atoms with Crippen molar-refractivity contribution in [2.45, 2.75) is 71.4 Å². The van der Waals surface area contributed by atoms with Crippen LogP contribution < -0.4 is 5.32 Å². The van der Waals surface area contributed by atoms with Gasteiger partial charge in [0.05, 0.1) is 6.54 Å². The summed E-state index contributed by atoms with van der Waals surface area (Å²) in [6, 6.07) is 0.0488. The fourth-order valence-electron chi connectivity index (χ4n) is 3.72. The third-order valence-corrected chi connectivity index (χ3v) is 5.30. The Bertz CT molecular complexity index is 527. The number of nitrogens with one attached hydrogen (secondary N) is 1. The Morgan fingerprint density at radius 3 is 2.91 bits per heavy atom. The average Bonchev–Trinajstić information content (AvgIpc) is 2.78. The molecule has 1 saturated heterocycles. The van der Waals surface area contributed by atoms with Crippen LogP contribution in [0.25, 0.3) is 0 Å². The van der Waals surface area contributed by atoms with E-state index < -0.39 is 0 Å². The van der Waals surface area contributed by atoms with Gasteiger partial charge >= 0.3 is 6.03 Å². The molecule has 1 fully saturated rings. The van der Waals surface area contributed by atoms with Crippen LogP contribution in [-0.2, 0) is 19.5 Å². The zero-order valence-corrected chi connectivity index (χ0v) is 14.3. The number of likely N-dealkylation sites (tertiary alicyclic amines) is 1. The molecule has 23 heavy (non-hydrogen) atoms. The van der Waals surface area contributed by atoms with Crippen molar-refractivity contribution in [1.29, 1.82) is 0 Å². The van der Waals surface area contributed by atoms with Crippen molar-refractivity contribution in [2.24, 2.45) is 5.92 Å². The molecule has 0 spiro atoms. The Hall–Kier alpha value is -1.59. The van der Waals surface area contributed by atoms with Crippen LogP contribution in [0.1, 0.15) is 63.5 Å². The SMILES string of the molecule is CC[C@@H]1CCCN(C(=O)NCc2nnc3n2CCCCC3)CC1. The van der Waals surface area contributed by atoms with Gasteiger partial charge in [-0.1, -0.05) is 19.8 Å². The van der Waals surface area contributed by atoms with Gasteiger partial charge in [0, 0.05) is 26.1 Å². The van der Waals surface area contributed by atoms with E-state index in [9.17, 15) is 4.79 Å². The number of rotatable bonds is 3. The number of aromatic nitrogens is 3. The lowest BCUT2D eigenvalue weighted by Gasteiger charge is -2.21. The molecule has 1 aromatic heterocycles. The van der Waals surface area contributed by atoms with E-state index in [1.165, 1.54) is 32.1 Å². The number of urea groups is 1. The topological polar surface area (TPSA) is 63.1 Å². The molecule has 3 heterocycles. The summed E-state index contributed by atoms with van der Waals surface area (Å²) in [5.41, 5.74) is 0. The Labute approximate surface area is 138 Å². The van der Waals surface area contributed by atoms with E-state index in [-0.39, 0.29) is 6.03 Å². The monoisotopic (exact) mass is 319 g/mol. The van der Waals surface area contributed by atoms with Crippen LogP contribution >= 0.6 is 0 Å². The van der Waals surface area contributed by atoms with E-state index in [1.807, 2.05) is 4.90 Å². The van der Waals surface area contributed by atoms with Crippen molar-refractivity contribution in [3.63, 3.8) is 0 Å². The molecular formula is C17H29N5O. The first kappa shape index (κ1) is 16.3. The fourth-order valence-corrected chi connectivity index (χ4v) is 3.72. The smallest absolute Gasteiger partial charge is 0.317 e. The molecule has 1 N–H and O–H groups in total. The first-order chi connectivity index (χ1) is 11.3. The lowest BCUT2D eigenvalue weighted by Crippen LogP contribution is -2.40. The predicted molar refractivity (Wildman–Crippen MR) is 89.0 cm³/mol. The number of carbonyl (C=O) groups is 1. The maximum atomic E-state index is 12.4. The largest absolute Gasteiger partial charge is 0.331 e. The van der Waals surface area contributed by atoms with Gasteiger partial charge < -0.3 is 14.8 Å². The Morgan fingerprint density at radius 1 is 1.13 bits per heavy atom. The highest BCUT2D eigenvalue weighted by Crippen LogP contribution is 2.20. The molecule has 3 rings (SSSR count). The van der Waals surface area contributed by atoms with Crippen molar-refractivity contribution >= 4 is 6.03 Å². The molecule has 0 aromatic carbocycles. The second kappa shape index (κ2) is 7.79. The molecule has 2 amide bonds. The quantitative estimate of drug-likeness (QED) is 0.932. The summed E-state index contributed by atoms with van der Waals surface area (Å²) < 4.78 is 2.20. The highest BCUT2D eigenvalue weighted by atomic mass is 16.2. The number of amides is 2. The van der Waals surface area contributed by atoms with Crippen LogP contribution in [0.5, 0.6) is 0 Å². The number of fused-ring (bicyclic) bond motifs is 1. The van der Waals surface area contributed by atoms with Crippen molar-refractivity contribution in [1.82, 2.24) is 25.0 Å². The third-order valence-electron chi connectivity index (χ3n) is 5.30. The van der Waals surface area contributed by atoms with Gasteiger partial charge in [0.1, 0.15) is 5.82 Å². The minimum Gasteiger partial charge on any atom is -0.331 e. The van der Waals surface area contributed by atoms with Crippen LogP contribution in [0.4, 0.5) is 4.79 Å². The maximum Gasteiger partial charge on any atom is 0.317 e. The fraction of sp³-hybridized carbons (Fsp3) is 0.824. The number of aryl methyl sites for hydroxylation is 1. The van der Waals surface area contributed by atoms with E-state index in [2.05, 4.69) is 27.0 Å². The zero-order chi connectivity index (χ0) is 16.1. The van der Waals surface area contributed by atoms with Crippen LogP contribution in [-0.4, -0.2) is 38.8 Å². The summed E-state index contributed by atoms with van der Waals surface area (Å²) in [6.45, 7) is 5.47. The molecule has 0 bridgehead atoms. The lowest BCUT2D eigenvalue weighted by atomic mass is 9.98. The minimum absolute atomic E-state index is 0.0488. The molecule has 1 atom stereocenters. The number of nitrogens with zero attached hydrogens (tertiary/aromatic N) is 4. The molecule has 2 aliphatic rings. The Morgan fingerprint density at radius 2 is 2.04 bits per heavy atom. The highest BCUT2D eigenvalue weighted by Gasteiger charge is 2.20. The van der Waals surface area contributed by atoms with Gasteiger partial charge in [0.15, 0.2) is 5.82 Å². The van der Waals surface area contributed by atoms with Crippen LogP contribution in [0.2, 0.25) is 0 Å². The molecule has 6 heteroatoms. The van der Waals surface area contributed by atoms with E-state index in [1.54, 1.807) is 0 Å². The van der Waals surface area contributed by atoms with Crippen LogP contribution in [0.15, 0.2) is 0 Å². The first-order valence-electron chi connectivity index (χ1n) is 9.21. The minimum atomic E-state index is 0.0488. The lowest BCUT2D eigenvalue weighted by molar-refractivity contribution is 0.198. The molecule has 0 aliphatic carbocycles. The second-order valence-electron chi connectivity index (χ2n) is 6.85. The van der Waals surface area contributed by atoms with Gasteiger partial charge in [-0.3, -0.25) is 0 Å². The van der Waals surface area contributed by atoms with Gasteiger partial charge in [-0.15, -0.1) is 10.2 Å². The molecule has 6 nitrogen and oxygen atoms in total. The summed E-state index contributed by atoms with van der Waals surface area (Å²) in [4.78, 5) is 14.4. The number of carbonyl (C=O) groups excluding carboxylic acids is 1. The molecular weight excluding hydrogens is 290 g/mol. The van der Waals surface area contributed by atoms with E-state index in [0.29, 0.717) is 6.54 Å². The maximum absolute atomic E-state index is 12.4. The van der Waals surface area contributed by atoms with E-state index in [4.69, 9.17) is 0 Å². The van der Waals surface area contributed by atoms with Gasteiger partial charge in [0.2, 0.25) is 0 Å². The van der Waals surface area contributed by atoms with Gasteiger partial charge in [-0.05, 0) is 38.0 Å². The molecule has 0 saturated carbocycles. The van der Waals surface area contributed by atoms with Gasteiger partial charge in [0.25, 0.3) is 0 Å². The Kier molecular flexibility index (Phi) is 5.51. The first-order valence-corrected chi connectivity index (χ1v) is 9.21. The Balaban J connectivity index is 1.54. The summed E-state index contributed by atoms with van der Waals surface area (Å²) in [5, 5.41) is 11.6. The standard InChI is InChI=1S/C17H29N5O/c1-2-14-7-6-10-21(12-9-14)17(23)18-13-16-20-19-15-8-4-3-5-11-22(15)16/h14H,2-13H2,1H3,(H,18,23)/t14-/m1/s1. The second-order valence-corrected chi connectivity index (χ2v) is 6.85. The normalized spacial score (nSPS) is 22.1. The van der Waals surface area contributed by atoms with Crippen LogP contribution in [0.3, 0.4) is 0 Å². The van der Waals surface area contributed by atoms with Crippen LogP contribution in [0, 0.1) is 5.92 Å². The number of hydrogen-bond donors (Lipinski definition) is 1. The molecule has 128 valence electrons. The third kappa shape index (κ3) is 4.03. The summed E-state index contributed by atoms with van der Waals surface area (Å²) in [7, 11) is 0. The van der Waals surface area contributed by atoms with Gasteiger partial charge in [-0.25, -0.2) is 4.79 Å². The highest BCUT2D eigenvalue weighted by molar-refractivity contribution is 5.74. The molecule has 0 radical (unpaired) electrons. The van der Waals surface area contributed by atoms with E-state index >= 15 is 0 Å². The molecule has 0 unspecified atom stereocenters. The van der Waals surface area contributed by atoms with Crippen molar-refractivity contribution < 1.29 is 4.79 Å².